The van der Waals surface area contributed by atoms with Crippen LogP contribution in [0.4, 0.5) is 5.82 Å². The lowest BCUT2D eigenvalue weighted by atomic mass is 10.0. The van der Waals surface area contributed by atoms with Crippen molar-refractivity contribution in [2.75, 3.05) is 5.32 Å². The summed E-state index contributed by atoms with van der Waals surface area (Å²) in [6.07, 6.45) is 1.59. The third-order valence-electron chi connectivity index (χ3n) is 3.11. The number of aryl methyl sites for hydroxylation is 1. The Balaban J connectivity index is 1.96. The standard InChI is InChI=1S/C13H16N6S/c1-7(2)10(12-16-8(3)18-19-12)17-11-9-4-5-20-13(9)15-6-14-11/h4-7,10H,1-3H3,(H,14,15,17)(H,16,18,19)/t10-/m0/s1. The highest BCUT2D eigenvalue weighted by molar-refractivity contribution is 7.16. The van der Waals surface area contributed by atoms with E-state index in [4.69, 9.17) is 0 Å². The topological polar surface area (TPSA) is 79.4 Å². The number of anilines is 1. The number of aromatic nitrogens is 5. The van der Waals surface area contributed by atoms with Crippen molar-refractivity contribution in [2.45, 2.75) is 26.8 Å². The molecule has 0 amide bonds. The summed E-state index contributed by atoms with van der Waals surface area (Å²) < 4.78 is 0. The lowest BCUT2D eigenvalue weighted by Crippen LogP contribution is -2.19. The number of hydrogen-bond acceptors (Lipinski definition) is 6. The van der Waals surface area contributed by atoms with E-state index >= 15 is 0 Å². The molecule has 0 bridgehead atoms. The van der Waals surface area contributed by atoms with Crippen LogP contribution in [0, 0.1) is 12.8 Å². The van der Waals surface area contributed by atoms with Gasteiger partial charge in [-0.05, 0) is 24.3 Å². The van der Waals surface area contributed by atoms with Gasteiger partial charge in [0.1, 0.15) is 22.8 Å². The number of nitrogens with one attached hydrogen (secondary N) is 2. The second-order valence-corrected chi connectivity index (χ2v) is 5.90. The van der Waals surface area contributed by atoms with Gasteiger partial charge in [0.25, 0.3) is 0 Å². The average Bonchev–Trinajstić information content (AvgIpc) is 3.04. The normalized spacial score (nSPS) is 13.0. The lowest BCUT2D eigenvalue weighted by molar-refractivity contribution is 0.522. The van der Waals surface area contributed by atoms with E-state index in [1.165, 1.54) is 0 Å². The summed E-state index contributed by atoms with van der Waals surface area (Å²) in [4.78, 5) is 14.0. The molecule has 0 aliphatic carbocycles. The Morgan fingerprint density at radius 2 is 2.15 bits per heavy atom. The molecule has 7 heteroatoms. The first-order chi connectivity index (χ1) is 9.65. The molecule has 0 saturated heterocycles. The Morgan fingerprint density at radius 3 is 2.85 bits per heavy atom. The van der Waals surface area contributed by atoms with Crippen molar-refractivity contribution in [3.63, 3.8) is 0 Å². The number of hydrogen-bond donors (Lipinski definition) is 2. The molecule has 6 nitrogen and oxygen atoms in total. The Labute approximate surface area is 120 Å². The number of H-pyrrole nitrogens is 1. The van der Waals surface area contributed by atoms with Crippen molar-refractivity contribution in [1.82, 2.24) is 25.1 Å². The third-order valence-corrected chi connectivity index (χ3v) is 3.93. The van der Waals surface area contributed by atoms with Crippen molar-refractivity contribution in [3.05, 3.63) is 29.4 Å². The molecule has 3 heterocycles. The quantitative estimate of drug-likeness (QED) is 0.771. The molecule has 3 aromatic rings. The van der Waals surface area contributed by atoms with Crippen LogP contribution in [0.15, 0.2) is 17.8 Å². The van der Waals surface area contributed by atoms with Gasteiger partial charge in [0.05, 0.1) is 11.4 Å². The molecule has 0 aromatic carbocycles. The molecule has 0 unspecified atom stereocenters. The van der Waals surface area contributed by atoms with Gasteiger partial charge >= 0.3 is 0 Å². The van der Waals surface area contributed by atoms with Gasteiger partial charge in [0.15, 0.2) is 5.82 Å². The van der Waals surface area contributed by atoms with Gasteiger partial charge in [0, 0.05) is 0 Å². The zero-order valence-electron chi connectivity index (χ0n) is 11.6. The largest absolute Gasteiger partial charge is 0.359 e. The number of aromatic amines is 1. The van der Waals surface area contributed by atoms with Crippen molar-refractivity contribution in [1.29, 1.82) is 0 Å². The summed E-state index contributed by atoms with van der Waals surface area (Å²) in [7, 11) is 0. The summed E-state index contributed by atoms with van der Waals surface area (Å²) in [6, 6.07) is 2.04. The van der Waals surface area contributed by atoms with Crippen molar-refractivity contribution >= 4 is 27.4 Å². The van der Waals surface area contributed by atoms with Gasteiger partial charge in [-0.2, -0.15) is 5.10 Å². The maximum absolute atomic E-state index is 4.43. The van der Waals surface area contributed by atoms with Crippen LogP contribution >= 0.6 is 11.3 Å². The Morgan fingerprint density at radius 1 is 1.30 bits per heavy atom. The van der Waals surface area contributed by atoms with Gasteiger partial charge in [0.2, 0.25) is 0 Å². The summed E-state index contributed by atoms with van der Waals surface area (Å²) in [5.74, 6) is 2.75. The van der Waals surface area contributed by atoms with Crippen LogP contribution in [-0.4, -0.2) is 25.1 Å². The zero-order chi connectivity index (χ0) is 14.1. The fraction of sp³-hybridized carbons (Fsp3) is 0.385. The molecule has 0 spiro atoms. The van der Waals surface area contributed by atoms with Crippen molar-refractivity contribution in [2.24, 2.45) is 5.92 Å². The summed E-state index contributed by atoms with van der Waals surface area (Å²) in [5.41, 5.74) is 0. The molecule has 2 N–H and O–H groups in total. The fourth-order valence-electron chi connectivity index (χ4n) is 2.08. The second kappa shape index (κ2) is 5.16. The first-order valence-electron chi connectivity index (χ1n) is 6.49. The maximum Gasteiger partial charge on any atom is 0.173 e. The minimum absolute atomic E-state index is 0.0120. The molecule has 0 aliphatic heterocycles. The third kappa shape index (κ3) is 2.36. The molecule has 0 saturated carbocycles. The molecule has 0 radical (unpaired) electrons. The average molecular weight is 288 g/mol. The van der Waals surface area contributed by atoms with Gasteiger partial charge < -0.3 is 5.32 Å². The van der Waals surface area contributed by atoms with E-state index in [1.54, 1.807) is 17.7 Å². The predicted molar refractivity (Wildman–Crippen MR) is 79.7 cm³/mol. The van der Waals surface area contributed by atoms with E-state index in [-0.39, 0.29) is 6.04 Å². The van der Waals surface area contributed by atoms with E-state index < -0.39 is 0 Å². The van der Waals surface area contributed by atoms with Gasteiger partial charge in [-0.15, -0.1) is 11.3 Å². The molecule has 0 aliphatic rings. The Kier molecular flexibility index (Phi) is 3.35. The van der Waals surface area contributed by atoms with E-state index in [1.807, 2.05) is 18.4 Å². The van der Waals surface area contributed by atoms with E-state index in [9.17, 15) is 0 Å². The molecular weight excluding hydrogens is 272 g/mol. The molecule has 3 rings (SSSR count). The minimum atomic E-state index is 0.0120. The van der Waals surface area contributed by atoms with Crippen molar-refractivity contribution < 1.29 is 0 Å². The monoisotopic (exact) mass is 288 g/mol. The summed E-state index contributed by atoms with van der Waals surface area (Å²) >= 11 is 1.61. The molecule has 20 heavy (non-hydrogen) atoms. The Hall–Kier alpha value is -2.02. The zero-order valence-corrected chi connectivity index (χ0v) is 12.4. The number of nitrogens with zero attached hydrogens (tertiary/aromatic N) is 4. The van der Waals surface area contributed by atoms with Crippen LogP contribution in [0.3, 0.4) is 0 Å². The Bertz CT molecular complexity index is 716. The predicted octanol–water partition coefficient (Wildman–Crippen LogP) is 2.93. The number of thiophene rings is 1. The second-order valence-electron chi connectivity index (χ2n) is 5.01. The van der Waals surface area contributed by atoms with Crippen LogP contribution in [0.2, 0.25) is 0 Å². The maximum atomic E-state index is 4.43. The van der Waals surface area contributed by atoms with E-state index in [0.717, 1.165) is 27.7 Å². The highest BCUT2D eigenvalue weighted by Crippen LogP contribution is 2.29. The van der Waals surface area contributed by atoms with Crippen LogP contribution in [0.1, 0.15) is 31.5 Å². The van der Waals surface area contributed by atoms with Crippen LogP contribution < -0.4 is 5.32 Å². The van der Waals surface area contributed by atoms with E-state index in [0.29, 0.717) is 5.92 Å². The summed E-state index contributed by atoms with van der Waals surface area (Å²) in [5, 5.41) is 13.7. The van der Waals surface area contributed by atoms with E-state index in [2.05, 4.69) is 44.3 Å². The first kappa shape index (κ1) is 13.0. The van der Waals surface area contributed by atoms with Crippen molar-refractivity contribution in [3.8, 4) is 0 Å². The molecular formula is C13H16N6S. The minimum Gasteiger partial charge on any atom is -0.359 e. The van der Waals surface area contributed by atoms with Gasteiger partial charge in [-0.3, -0.25) is 5.10 Å². The lowest BCUT2D eigenvalue weighted by Gasteiger charge is -2.20. The highest BCUT2D eigenvalue weighted by Gasteiger charge is 2.21. The number of fused-ring (bicyclic) bond motifs is 1. The highest BCUT2D eigenvalue weighted by atomic mass is 32.1. The van der Waals surface area contributed by atoms with Crippen LogP contribution in [0.25, 0.3) is 10.2 Å². The smallest absolute Gasteiger partial charge is 0.173 e. The first-order valence-corrected chi connectivity index (χ1v) is 7.36. The SMILES string of the molecule is Cc1nc([C@@H](Nc2ncnc3sccc23)C(C)C)n[nH]1. The molecule has 3 aromatic heterocycles. The van der Waals surface area contributed by atoms with Crippen LogP contribution in [-0.2, 0) is 0 Å². The fourth-order valence-corrected chi connectivity index (χ4v) is 2.81. The molecule has 0 fully saturated rings. The summed E-state index contributed by atoms with van der Waals surface area (Å²) in [6.45, 7) is 6.17. The van der Waals surface area contributed by atoms with Gasteiger partial charge in [-0.1, -0.05) is 13.8 Å². The molecule has 1 atom stereocenters. The number of rotatable bonds is 4. The van der Waals surface area contributed by atoms with Gasteiger partial charge in [-0.25, -0.2) is 15.0 Å². The van der Waals surface area contributed by atoms with Crippen LogP contribution in [0.5, 0.6) is 0 Å². The molecule has 104 valence electrons.